The van der Waals surface area contributed by atoms with Crippen LogP contribution in [-0.4, -0.2) is 70.3 Å². The number of ether oxygens (including phenoxy) is 1. The van der Waals surface area contributed by atoms with Crippen molar-refractivity contribution in [1.29, 1.82) is 0 Å². The Hall–Kier alpha value is -4.51. The summed E-state index contributed by atoms with van der Waals surface area (Å²) in [6.07, 6.45) is 2.64. The number of carbonyl (C=O) groups excluding carboxylic acids is 3. The predicted octanol–water partition coefficient (Wildman–Crippen LogP) is 3.77. The molecule has 0 aliphatic carbocycles. The molecule has 2 aliphatic heterocycles. The Bertz CT molecular complexity index is 1760. The van der Waals surface area contributed by atoms with Gasteiger partial charge in [-0.3, -0.25) is 29.3 Å². The molecule has 2 saturated heterocycles. The third kappa shape index (κ3) is 5.96. The molecular formula is C33H36FN5O5. The van der Waals surface area contributed by atoms with Crippen molar-refractivity contribution in [1.82, 2.24) is 25.3 Å². The molecule has 0 spiro atoms. The number of fused-ring (bicyclic) bond motifs is 2. The van der Waals surface area contributed by atoms with E-state index in [0.29, 0.717) is 54.1 Å². The van der Waals surface area contributed by atoms with E-state index in [9.17, 15) is 23.9 Å². The maximum Gasteiger partial charge on any atom is 0.235 e. The highest BCUT2D eigenvalue weighted by atomic mass is 19.1. The normalized spacial score (nSPS) is 18.1. The van der Waals surface area contributed by atoms with Gasteiger partial charge in [-0.15, -0.1) is 0 Å². The fraction of sp³-hybridized carbons (Fsp3) is 0.394. The second-order valence-electron chi connectivity index (χ2n) is 11.8. The molecule has 44 heavy (non-hydrogen) atoms. The van der Waals surface area contributed by atoms with Gasteiger partial charge in [-0.05, 0) is 80.4 Å². The molecule has 6 rings (SSSR count). The number of aryl methyl sites for hydroxylation is 1. The van der Waals surface area contributed by atoms with Gasteiger partial charge in [0.1, 0.15) is 23.9 Å². The number of rotatable bonds is 8. The fourth-order valence-electron chi connectivity index (χ4n) is 6.32. The van der Waals surface area contributed by atoms with Crippen molar-refractivity contribution in [2.45, 2.75) is 44.4 Å². The van der Waals surface area contributed by atoms with Crippen LogP contribution in [0, 0.1) is 12.7 Å². The minimum absolute atomic E-state index is 0.0695. The maximum atomic E-state index is 14.5. The number of aromatic hydroxyl groups is 1. The lowest BCUT2D eigenvalue weighted by atomic mass is 9.88. The second kappa shape index (κ2) is 12.2. The Balaban J connectivity index is 0.974. The number of benzene rings is 3. The third-order valence-electron chi connectivity index (χ3n) is 8.86. The van der Waals surface area contributed by atoms with Crippen molar-refractivity contribution >= 4 is 39.4 Å². The average molecular weight is 602 g/mol. The van der Waals surface area contributed by atoms with Crippen LogP contribution < -0.4 is 15.4 Å². The van der Waals surface area contributed by atoms with Crippen LogP contribution in [0.5, 0.6) is 11.5 Å². The Kier molecular flexibility index (Phi) is 8.22. The molecule has 3 heterocycles. The summed E-state index contributed by atoms with van der Waals surface area (Å²) in [5.41, 5.74) is 3.10. The molecular weight excluding hydrogens is 565 g/mol. The molecule has 2 aliphatic rings. The van der Waals surface area contributed by atoms with Gasteiger partial charge in [0.25, 0.3) is 0 Å². The molecule has 1 aromatic heterocycles. The first-order valence-corrected chi connectivity index (χ1v) is 15.0. The zero-order chi connectivity index (χ0) is 31.0. The van der Waals surface area contributed by atoms with E-state index in [1.54, 1.807) is 18.2 Å². The van der Waals surface area contributed by atoms with E-state index in [0.717, 1.165) is 36.8 Å². The molecule has 0 saturated carbocycles. The summed E-state index contributed by atoms with van der Waals surface area (Å²) < 4.78 is 22.1. The van der Waals surface area contributed by atoms with E-state index in [4.69, 9.17) is 4.74 Å². The van der Waals surface area contributed by atoms with E-state index in [1.165, 1.54) is 18.6 Å². The van der Waals surface area contributed by atoms with Crippen LogP contribution in [0.25, 0.3) is 21.7 Å². The second-order valence-corrected chi connectivity index (χ2v) is 11.8. The topological polar surface area (TPSA) is 126 Å². The number of piperidine rings is 2. The van der Waals surface area contributed by atoms with Gasteiger partial charge in [0.05, 0.1) is 30.2 Å². The zero-order valence-electron chi connectivity index (χ0n) is 24.9. The number of phenols is 1. The van der Waals surface area contributed by atoms with Gasteiger partial charge in [-0.1, -0.05) is 18.2 Å². The number of imide groups is 1. The van der Waals surface area contributed by atoms with Crippen LogP contribution in [0.2, 0.25) is 0 Å². The van der Waals surface area contributed by atoms with Gasteiger partial charge in [0.15, 0.2) is 0 Å². The molecule has 0 radical (unpaired) electrons. The molecule has 10 nitrogen and oxygen atoms in total. The Morgan fingerprint density at radius 2 is 1.91 bits per heavy atom. The van der Waals surface area contributed by atoms with Crippen LogP contribution in [0.15, 0.2) is 42.5 Å². The average Bonchev–Trinajstić information content (AvgIpc) is 3.34. The summed E-state index contributed by atoms with van der Waals surface area (Å²) in [7, 11) is 1.88. The molecule has 230 valence electrons. The molecule has 1 atom stereocenters. The molecule has 3 amide bonds. The monoisotopic (exact) mass is 601 g/mol. The number of nitrogens with zero attached hydrogens (tertiary/aromatic N) is 3. The van der Waals surface area contributed by atoms with Crippen LogP contribution >= 0.6 is 0 Å². The van der Waals surface area contributed by atoms with Crippen molar-refractivity contribution < 1.29 is 28.6 Å². The molecule has 3 aromatic carbocycles. The first-order chi connectivity index (χ1) is 21.2. The van der Waals surface area contributed by atoms with Gasteiger partial charge in [0.2, 0.25) is 17.7 Å². The SMILES string of the molecule is Cc1c(O)cc2ccc(OCCNC(=O)CN3CCC(c4ccc5c(C6CCC(=O)NC6=O)nn(C)c5c4)CC3)cc2c1F. The van der Waals surface area contributed by atoms with E-state index in [1.807, 2.05) is 17.8 Å². The minimum Gasteiger partial charge on any atom is -0.508 e. The highest BCUT2D eigenvalue weighted by molar-refractivity contribution is 6.02. The highest BCUT2D eigenvalue weighted by Gasteiger charge is 2.32. The molecule has 1 unspecified atom stereocenters. The summed E-state index contributed by atoms with van der Waals surface area (Å²) in [5, 5.41) is 21.7. The van der Waals surface area contributed by atoms with Crippen molar-refractivity contribution in [2.24, 2.45) is 7.05 Å². The zero-order valence-corrected chi connectivity index (χ0v) is 24.9. The van der Waals surface area contributed by atoms with Crippen molar-refractivity contribution in [3.63, 3.8) is 0 Å². The van der Waals surface area contributed by atoms with Gasteiger partial charge in [-0.25, -0.2) is 4.39 Å². The molecule has 3 N–H and O–H groups in total. The number of nitrogens with one attached hydrogen (secondary N) is 2. The van der Waals surface area contributed by atoms with Crippen LogP contribution in [0.1, 0.15) is 54.3 Å². The number of hydrogen-bond acceptors (Lipinski definition) is 7. The number of carbonyl (C=O) groups is 3. The summed E-state index contributed by atoms with van der Waals surface area (Å²) in [6.45, 7) is 4.02. The first-order valence-electron chi connectivity index (χ1n) is 15.0. The Labute approximate surface area is 254 Å². The summed E-state index contributed by atoms with van der Waals surface area (Å²) >= 11 is 0. The van der Waals surface area contributed by atoms with Gasteiger partial charge in [0, 0.05) is 29.8 Å². The third-order valence-corrected chi connectivity index (χ3v) is 8.86. The van der Waals surface area contributed by atoms with E-state index in [-0.39, 0.29) is 35.6 Å². The number of likely N-dealkylation sites (tertiary alicyclic amines) is 1. The van der Waals surface area contributed by atoms with Crippen LogP contribution in [0.4, 0.5) is 4.39 Å². The minimum atomic E-state index is -0.473. The quantitative estimate of drug-likeness (QED) is 0.207. The lowest BCUT2D eigenvalue weighted by Gasteiger charge is -2.31. The molecule has 4 aromatic rings. The number of amides is 3. The molecule has 11 heteroatoms. The Morgan fingerprint density at radius 1 is 1.11 bits per heavy atom. The van der Waals surface area contributed by atoms with Crippen LogP contribution in [-0.2, 0) is 21.4 Å². The number of aromatic nitrogens is 2. The largest absolute Gasteiger partial charge is 0.508 e. The lowest BCUT2D eigenvalue weighted by Crippen LogP contribution is -2.42. The lowest BCUT2D eigenvalue weighted by molar-refractivity contribution is -0.134. The smallest absolute Gasteiger partial charge is 0.235 e. The molecule has 0 bridgehead atoms. The summed E-state index contributed by atoms with van der Waals surface area (Å²) in [5.74, 6) is -0.709. The van der Waals surface area contributed by atoms with Crippen LogP contribution in [0.3, 0.4) is 0 Å². The Morgan fingerprint density at radius 3 is 2.68 bits per heavy atom. The highest BCUT2D eigenvalue weighted by Crippen LogP contribution is 2.35. The van der Waals surface area contributed by atoms with Crippen molar-refractivity contribution in [3.8, 4) is 11.5 Å². The summed E-state index contributed by atoms with van der Waals surface area (Å²) in [4.78, 5) is 38.8. The van der Waals surface area contributed by atoms with E-state index < -0.39 is 11.7 Å². The van der Waals surface area contributed by atoms with Crippen molar-refractivity contribution in [3.05, 3.63) is 65.1 Å². The number of hydrogen-bond donors (Lipinski definition) is 3. The van der Waals surface area contributed by atoms with E-state index >= 15 is 0 Å². The van der Waals surface area contributed by atoms with Gasteiger partial charge in [-0.2, -0.15) is 5.10 Å². The van der Waals surface area contributed by atoms with E-state index in [2.05, 4.69) is 32.8 Å². The number of phenolic OH excluding ortho intramolecular Hbond substituents is 1. The number of halogens is 1. The molecule has 2 fully saturated rings. The van der Waals surface area contributed by atoms with Crippen molar-refractivity contribution in [2.75, 3.05) is 32.8 Å². The standard InChI is InChI=1S/C33H36FN5O5/c1-19-28(40)16-22-3-5-23(17-26(22)31(19)34)44-14-11-35-30(42)18-39-12-9-20(10-13-39)21-4-6-24-27(15-21)38(2)37-32(24)25-7-8-29(41)36-33(25)43/h3-6,15-17,20,25,40H,7-14,18H2,1-2H3,(H,35,42)(H,36,41,43). The maximum absolute atomic E-state index is 14.5. The summed E-state index contributed by atoms with van der Waals surface area (Å²) in [6, 6.07) is 12.8. The van der Waals surface area contributed by atoms with Gasteiger partial charge < -0.3 is 15.2 Å². The first kappa shape index (κ1) is 29.6. The fourth-order valence-corrected chi connectivity index (χ4v) is 6.32. The van der Waals surface area contributed by atoms with Gasteiger partial charge >= 0.3 is 0 Å². The predicted molar refractivity (Wildman–Crippen MR) is 163 cm³/mol.